The van der Waals surface area contributed by atoms with Crippen LogP contribution in [-0.2, 0) is 9.47 Å². The van der Waals surface area contributed by atoms with Gasteiger partial charge in [0.15, 0.2) is 5.79 Å². The van der Waals surface area contributed by atoms with Crippen LogP contribution in [0.15, 0.2) is 11.6 Å². The molecule has 3 nitrogen and oxygen atoms in total. The highest BCUT2D eigenvalue weighted by atomic mass is 16.7. The molecule has 2 heterocycles. The molecule has 0 amide bonds. The molecule has 4 fully saturated rings. The molecule has 27 heavy (non-hydrogen) atoms. The predicted molar refractivity (Wildman–Crippen MR) is 106 cm³/mol. The molecule has 3 aliphatic carbocycles. The van der Waals surface area contributed by atoms with E-state index in [-0.39, 0.29) is 22.7 Å². The molecular weight excluding hydrogens is 336 g/mol. The van der Waals surface area contributed by atoms with E-state index in [1.807, 2.05) is 0 Å². The van der Waals surface area contributed by atoms with Crippen molar-refractivity contribution in [3.05, 3.63) is 11.6 Å². The molecule has 0 bridgehead atoms. The molecule has 0 aromatic carbocycles. The van der Waals surface area contributed by atoms with Gasteiger partial charge in [-0.3, -0.25) is 0 Å². The van der Waals surface area contributed by atoms with E-state index < -0.39 is 0 Å². The molecule has 3 heteroatoms. The van der Waals surface area contributed by atoms with E-state index in [4.69, 9.17) is 9.47 Å². The number of hydrogen-bond acceptors (Lipinski definition) is 3. The third-order valence-electron chi connectivity index (χ3n) is 9.76. The Balaban J connectivity index is 1.46. The summed E-state index contributed by atoms with van der Waals surface area (Å²) in [5, 5.41) is 10.2. The third kappa shape index (κ3) is 2.50. The van der Waals surface area contributed by atoms with Crippen LogP contribution in [0.5, 0.6) is 0 Å². The zero-order valence-corrected chi connectivity index (χ0v) is 17.7. The first-order chi connectivity index (χ1) is 12.8. The van der Waals surface area contributed by atoms with Gasteiger partial charge in [-0.05, 0) is 68.1 Å². The van der Waals surface area contributed by atoms with E-state index in [1.54, 1.807) is 0 Å². The molecule has 2 aliphatic heterocycles. The van der Waals surface area contributed by atoms with E-state index >= 15 is 0 Å². The Kier molecular flexibility index (Phi) is 4.18. The smallest absolute Gasteiger partial charge is 0.171 e. The summed E-state index contributed by atoms with van der Waals surface area (Å²) in [6.07, 6.45) is 11.6. The Hall–Kier alpha value is -0.380. The topological polar surface area (TPSA) is 38.7 Å². The van der Waals surface area contributed by atoms with Gasteiger partial charge < -0.3 is 14.6 Å². The molecule has 0 radical (unpaired) electrons. The molecule has 5 rings (SSSR count). The Morgan fingerprint density at radius 1 is 1.07 bits per heavy atom. The van der Waals surface area contributed by atoms with Crippen LogP contribution in [0.1, 0.15) is 79.1 Å². The van der Waals surface area contributed by atoms with Crippen molar-refractivity contribution in [2.24, 2.45) is 34.5 Å². The van der Waals surface area contributed by atoms with Gasteiger partial charge in [0, 0.05) is 17.8 Å². The Morgan fingerprint density at radius 2 is 1.89 bits per heavy atom. The summed E-state index contributed by atoms with van der Waals surface area (Å²) in [5.41, 5.74) is 2.04. The largest absolute Gasteiger partial charge is 0.393 e. The molecule has 0 unspecified atom stereocenters. The summed E-state index contributed by atoms with van der Waals surface area (Å²) in [6, 6.07) is 0. The molecule has 152 valence electrons. The van der Waals surface area contributed by atoms with Crippen molar-refractivity contribution in [2.75, 3.05) is 6.61 Å². The van der Waals surface area contributed by atoms with Crippen molar-refractivity contribution < 1.29 is 14.6 Å². The van der Waals surface area contributed by atoms with Crippen molar-refractivity contribution in [2.45, 2.75) is 97.1 Å². The van der Waals surface area contributed by atoms with Crippen molar-refractivity contribution in [1.82, 2.24) is 0 Å². The normalized spacial score (nSPS) is 57.6. The minimum absolute atomic E-state index is 0.126. The van der Waals surface area contributed by atoms with Gasteiger partial charge in [-0.25, -0.2) is 0 Å². The lowest BCUT2D eigenvalue weighted by molar-refractivity contribution is -0.276. The highest BCUT2D eigenvalue weighted by Crippen LogP contribution is 2.66. The molecule has 9 atom stereocenters. The Bertz CT molecular complexity index is 634. The van der Waals surface area contributed by atoms with Gasteiger partial charge in [-0.1, -0.05) is 39.3 Å². The fourth-order valence-electron chi connectivity index (χ4n) is 7.66. The van der Waals surface area contributed by atoms with Crippen LogP contribution in [0.3, 0.4) is 0 Å². The maximum atomic E-state index is 10.2. The summed E-state index contributed by atoms with van der Waals surface area (Å²) in [4.78, 5) is 0. The molecule has 1 spiro atoms. The van der Waals surface area contributed by atoms with E-state index in [0.717, 1.165) is 38.7 Å². The highest BCUT2D eigenvalue weighted by Gasteiger charge is 2.66. The van der Waals surface area contributed by atoms with Crippen LogP contribution in [0.25, 0.3) is 0 Å². The van der Waals surface area contributed by atoms with Crippen LogP contribution in [0.2, 0.25) is 0 Å². The first-order valence-corrected chi connectivity index (χ1v) is 11.5. The number of aliphatic hydroxyl groups is 1. The second-order valence-electron chi connectivity index (χ2n) is 11.1. The van der Waals surface area contributed by atoms with E-state index in [2.05, 4.69) is 33.8 Å². The molecule has 0 aromatic heterocycles. The quantitative estimate of drug-likeness (QED) is 0.601. The SMILES string of the molecule is C[C@@H]1CC[C@@]2(OC1)O[C@@H]1[C@@H]3CC=C4C[C@H](O)CC[C@]4(C)[C@@H]3CC[C@]1(C)[C@H]2C. The lowest BCUT2D eigenvalue weighted by Crippen LogP contribution is -2.52. The van der Waals surface area contributed by atoms with E-state index in [0.29, 0.717) is 29.8 Å². The number of aliphatic hydroxyl groups excluding tert-OH is 1. The zero-order chi connectivity index (χ0) is 19.0. The third-order valence-corrected chi connectivity index (χ3v) is 9.76. The fourth-order valence-corrected chi connectivity index (χ4v) is 7.66. The number of ether oxygens (including phenoxy) is 2. The fraction of sp³-hybridized carbons (Fsp3) is 0.917. The molecule has 5 aliphatic rings. The van der Waals surface area contributed by atoms with Gasteiger partial charge in [0.1, 0.15) is 0 Å². The summed E-state index contributed by atoms with van der Waals surface area (Å²) >= 11 is 0. The summed E-state index contributed by atoms with van der Waals surface area (Å²) in [5.74, 6) is 2.09. The summed E-state index contributed by atoms with van der Waals surface area (Å²) in [6.45, 7) is 10.5. The van der Waals surface area contributed by atoms with E-state index in [9.17, 15) is 5.11 Å². The first-order valence-electron chi connectivity index (χ1n) is 11.5. The lowest BCUT2D eigenvalue weighted by Gasteiger charge is -2.56. The number of rotatable bonds is 0. The monoisotopic (exact) mass is 374 g/mol. The minimum atomic E-state index is -0.339. The van der Waals surface area contributed by atoms with Gasteiger partial charge >= 0.3 is 0 Å². The molecular formula is C24H38O3. The average Bonchev–Trinajstić information content (AvgIpc) is 2.87. The average molecular weight is 375 g/mol. The van der Waals surface area contributed by atoms with E-state index in [1.165, 1.54) is 24.8 Å². The number of fused-ring (bicyclic) bond motifs is 5. The van der Waals surface area contributed by atoms with Crippen LogP contribution < -0.4 is 0 Å². The lowest BCUT2D eigenvalue weighted by atomic mass is 9.48. The molecule has 2 saturated carbocycles. The molecule has 2 saturated heterocycles. The first kappa shape index (κ1) is 18.6. The Morgan fingerprint density at radius 3 is 2.63 bits per heavy atom. The highest BCUT2D eigenvalue weighted by molar-refractivity contribution is 5.26. The summed E-state index contributed by atoms with van der Waals surface area (Å²) < 4.78 is 13.4. The number of hydrogen-bond donors (Lipinski definition) is 1. The van der Waals surface area contributed by atoms with Crippen LogP contribution in [-0.4, -0.2) is 29.7 Å². The second kappa shape index (κ2) is 6.06. The Labute approximate surface area is 164 Å². The number of allylic oxidation sites excluding steroid dienone is 1. The van der Waals surface area contributed by atoms with Crippen molar-refractivity contribution in [3.8, 4) is 0 Å². The van der Waals surface area contributed by atoms with Gasteiger partial charge in [0.25, 0.3) is 0 Å². The standard InChI is InChI=1S/C24H38O3/c1-15-7-12-24(26-14-15)16(2)22(3)11-9-20-19(21(22)27-24)6-5-17-13-18(25)8-10-23(17,20)4/h5,15-16,18-21,25H,6-14H2,1-4H3/t15-,16-,18-,19-,20-,21-,22-,23+,24-/m1/s1. The maximum absolute atomic E-state index is 10.2. The maximum Gasteiger partial charge on any atom is 0.171 e. The zero-order valence-electron chi connectivity index (χ0n) is 17.7. The van der Waals surface area contributed by atoms with Gasteiger partial charge in [0.05, 0.1) is 18.8 Å². The van der Waals surface area contributed by atoms with Crippen molar-refractivity contribution in [3.63, 3.8) is 0 Å². The molecule has 1 N–H and O–H groups in total. The van der Waals surface area contributed by atoms with Crippen LogP contribution in [0.4, 0.5) is 0 Å². The van der Waals surface area contributed by atoms with Gasteiger partial charge in [0.2, 0.25) is 0 Å². The molecule has 0 aromatic rings. The summed E-state index contributed by atoms with van der Waals surface area (Å²) in [7, 11) is 0. The van der Waals surface area contributed by atoms with Gasteiger partial charge in [-0.2, -0.15) is 0 Å². The van der Waals surface area contributed by atoms with Crippen molar-refractivity contribution >= 4 is 0 Å². The minimum Gasteiger partial charge on any atom is -0.393 e. The second-order valence-corrected chi connectivity index (χ2v) is 11.1. The van der Waals surface area contributed by atoms with Crippen LogP contribution in [0, 0.1) is 34.5 Å². The van der Waals surface area contributed by atoms with Crippen molar-refractivity contribution in [1.29, 1.82) is 0 Å². The predicted octanol–water partition coefficient (Wildman–Crippen LogP) is 5.08. The van der Waals surface area contributed by atoms with Crippen LogP contribution >= 0.6 is 0 Å². The van der Waals surface area contributed by atoms with Gasteiger partial charge in [-0.15, -0.1) is 0 Å².